The van der Waals surface area contributed by atoms with Gasteiger partial charge in [0.25, 0.3) is 0 Å². The SMILES string of the molecule is CC(C)(C)C(=O)OCOC(=O)C=O. The molecule has 0 aromatic rings. The average molecular weight is 188 g/mol. The summed E-state index contributed by atoms with van der Waals surface area (Å²) in [6.07, 6.45) is 0.00489. The number of rotatable bonds is 3. The zero-order valence-corrected chi connectivity index (χ0v) is 7.83. The lowest BCUT2D eigenvalue weighted by molar-refractivity contribution is -0.173. The Hall–Kier alpha value is -1.39. The van der Waals surface area contributed by atoms with Gasteiger partial charge in [-0.1, -0.05) is 0 Å². The number of esters is 2. The lowest BCUT2D eigenvalue weighted by Crippen LogP contribution is -2.24. The van der Waals surface area contributed by atoms with E-state index < -0.39 is 24.1 Å². The summed E-state index contributed by atoms with van der Waals surface area (Å²) in [4.78, 5) is 31.1. The molecule has 13 heavy (non-hydrogen) atoms. The minimum absolute atomic E-state index is 0.00489. The van der Waals surface area contributed by atoms with Crippen molar-refractivity contribution in [3.05, 3.63) is 0 Å². The molecule has 0 unspecified atom stereocenters. The molecule has 0 aromatic heterocycles. The van der Waals surface area contributed by atoms with Crippen molar-refractivity contribution in [2.75, 3.05) is 6.79 Å². The Bertz CT molecular complexity index is 213. The van der Waals surface area contributed by atoms with Crippen LogP contribution in [0.15, 0.2) is 0 Å². The third-order valence-corrected chi connectivity index (χ3v) is 1.10. The molecule has 74 valence electrons. The van der Waals surface area contributed by atoms with E-state index in [1.807, 2.05) is 0 Å². The highest BCUT2D eigenvalue weighted by Crippen LogP contribution is 2.14. The Morgan fingerprint density at radius 3 is 2.15 bits per heavy atom. The zero-order chi connectivity index (χ0) is 10.5. The van der Waals surface area contributed by atoms with Crippen LogP contribution in [0, 0.1) is 5.41 Å². The molecular formula is C8H12O5. The molecule has 0 bridgehead atoms. The number of hydrogen-bond acceptors (Lipinski definition) is 5. The van der Waals surface area contributed by atoms with Gasteiger partial charge in [-0.05, 0) is 20.8 Å². The predicted octanol–water partition coefficient (Wildman–Crippen LogP) is 0.275. The van der Waals surface area contributed by atoms with Gasteiger partial charge in [-0.2, -0.15) is 0 Å². The molecule has 0 fully saturated rings. The van der Waals surface area contributed by atoms with Gasteiger partial charge in [-0.3, -0.25) is 9.59 Å². The number of ether oxygens (including phenoxy) is 2. The van der Waals surface area contributed by atoms with Crippen LogP contribution in [-0.2, 0) is 23.9 Å². The molecule has 0 aliphatic rings. The monoisotopic (exact) mass is 188 g/mol. The van der Waals surface area contributed by atoms with Crippen molar-refractivity contribution >= 4 is 18.2 Å². The first-order valence-corrected chi connectivity index (χ1v) is 3.67. The molecule has 0 rings (SSSR count). The second-order valence-corrected chi connectivity index (χ2v) is 3.38. The van der Waals surface area contributed by atoms with E-state index in [0.717, 1.165) is 0 Å². The molecule has 0 N–H and O–H groups in total. The van der Waals surface area contributed by atoms with E-state index in [0.29, 0.717) is 0 Å². The van der Waals surface area contributed by atoms with Crippen molar-refractivity contribution in [1.29, 1.82) is 0 Å². The molecule has 0 atom stereocenters. The van der Waals surface area contributed by atoms with Gasteiger partial charge < -0.3 is 9.47 Å². The second-order valence-electron chi connectivity index (χ2n) is 3.38. The summed E-state index contributed by atoms with van der Waals surface area (Å²) in [5.41, 5.74) is -0.645. The van der Waals surface area contributed by atoms with Gasteiger partial charge in [0.05, 0.1) is 5.41 Å². The van der Waals surface area contributed by atoms with Crippen LogP contribution < -0.4 is 0 Å². The van der Waals surface area contributed by atoms with Gasteiger partial charge in [0.15, 0.2) is 0 Å². The summed E-state index contributed by atoms with van der Waals surface area (Å²) in [6, 6.07) is 0. The molecule has 0 spiro atoms. The molecule has 5 nitrogen and oxygen atoms in total. The fourth-order valence-corrected chi connectivity index (χ4v) is 0.392. The summed E-state index contributed by atoms with van der Waals surface area (Å²) < 4.78 is 8.74. The number of aldehydes is 1. The maximum Gasteiger partial charge on any atom is 0.374 e. The first-order chi connectivity index (χ1) is 5.88. The molecule has 0 aliphatic heterocycles. The van der Waals surface area contributed by atoms with E-state index in [9.17, 15) is 14.4 Å². The van der Waals surface area contributed by atoms with Gasteiger partial charge in [0.2, 0.25) is 13.1 Å². The molecular weight excluding hydrogens is 176 g/mol. The minimum atomic E-state index is -1.05. The Balaban J connectivity index is 3.73. The van der Waals surface area contributed by atoms with E-state index >= 15 is 0 Å². The summed E-state index contributed by atoms with van der Waals surface area (Å²) in [5.74, 6) is -1.55. The fraction of sp³-hybridized carbons (Fsp3) is 0.625. The van der Waals surface area contributed by atoms with E-state index in [1.165, 1.54) is 0 Å². The normalized spacial score (nSPS) is 10.4. The molecule has 5 heteroatoms. The highest BCUT2D eigenvalue weighted by Gasteiger charge is 2.23. The molecule has 0 saturated heterocycles. The molecule has 0 radical (unpaired) electrons. The summed E-state index contributed by atoms with van der Waals surface area (Å²) >= 11 is 0. The van der Waals surface area contributed by atoms with Crippen molar-refractivity contribution in [3.8, 4) is 0 Å². The molecule has 0 aromatic carbocycles. The van der Waals surface area contributed by atoms with E-state index in [1.54, 1.807) is 20.8 Å². The van der Waals surface area contributed by atoms with Crippen LogP contribution in [0.1, 0.15) is 20.8 Å². The largest absolute Gasteiger partial charge is 0.427 e. The van der Waals surface area contributed by atoms with Crippen LogP contribution >= 0.6 is 0 Å². The highest BCUT2D eigenvalue weighted by molar-refractivity contribution is 6.20. The van der Waals surface area contributed by atoms with Crippen LogP contribution in [0.3, 0.4) is 0 Å². The summed E-state index contributed by atoms with van der Waals surface area (Å²) in [6.45, 7) is 4.47. The van der Waals surface area contributed by atoms with Crippen LogP contribution in [0.5, 0.6) is 0 Å². The van der Waals surface area contributed by atoms with Crippen LogP contribution in [0.4, 0.5) is 0 Å². The predicted molar refractivity (Wildman–Crippen MR) is 42.6 cm³/mol. The Morgan fingerprint density at radius 2 is 1.77 bits per heavy atom. The van der Waals surface area contributed by atoms with Crippen molar-refractivity contribution < 1.29 is 23.9 Å². The quantitative estimate of drug-likeness (QED) is 0.275. The zero-order valence-electron chi connectivity index (χ0n) is 7.83. The number of hydrogen-bond donors (Lipinski definition) is 0. The maximum absolute atomic E-state index is 11.0. The van der Waals surface area contributed by atoms with Crippen molar-refractivity contribution in [1.82, 2.24) is 0 Å². The lowest BCUT2D eigenvalue weighted by Gasteiger charge is -2.15. The first-order valence-electron chi connectivity index (χ1n) is 3.67. The second kappa shape index (κ2) is 4.59. The van der Waals surface area contributed by atoms with Crippen molar-refractivity contribution in [3.63, 3.8) is 0 Å². The number of carbonyl (C=O) groups excluding carboxylic acids is 3. The summed E-state index contributed by atoms with van der Waals surface area (Å²) in [5, 5.41) is 0. The average Bonchev–Trinajstić information content (AvgIpc) is 2.02. The van der Waals surface area contributed by atoms with E-state index in [2.05, 4.69) is 9.47 Å². The Labute approximate surface area is 76.0 Å². The van der Waals surface area contributed by atoms with Gasteiger partial charge in [-0.25, -0.2) is 4.79 Å². The highest BCUT2D eigenvalue weighted by atomic mass is 16.7. The number of carbonyl (C=O) groups is 3. The molecule has 0 aliphatic carbocycles. The molecule has 0 heterocycles. The minimum Gasteiger partial charge on any atom is -0.427 e. The smallest absolute Gasteiger partial charge is 0.374 e. The van der Waals surface area contributed by atoms with Gasteiger partial charge in [0.1, 0.15) is 0 Å². The molecule has 0 amide bonds. The van der Waals surface area contributed by atoms with Crippen LogP contribution in [-0.4, -0.2) is 25.0 Å². The van der Waals surface area contributed by atoms with Crippen LogP contribution in [0.25, 0.3) is 0 Å². The topological polar surface area (TPSA) is 69.7 Å². The van der Waals surface area contributed by atoms with E-state index in [4.69, 9.17) is 0 Å². The lowest BCUT2D eigenvalue weighted by atomic mass is 9.98. The van der Waals surface area contributed by atoms with Gasteiger partial charge in [0, 0.05) is 0 Å². The first kappa shape index (κ1) is 11.6. The third-order valence-electron chi connectivity index (χ3n) is 1.10. The molecule has 0 saturated carbocycles. The maximum atomic E-state index is 11.0. The van der Waals surface area contributed by atoms with Crippen LogP contribution in [0.2, 0.25) is 0 Å². The third kappa shape index (κ3) is 4.95. The van der Waals surface area contributed by atoms with Crippen molar-refractivity contribution in [2.45, 2.75) is 20.8 Å². The van der Waals surface area contributed by atoms with Crippen molar-refractivity contribution in [2.24, 2.45) is 5.41 Å². The Kier molecular flexibility index (Phi) is 4.10. The summed E-state index contributed by atoms with van der Waals surface area (Å²) in [7, 11) is 0. The van der Waals surface area contributed by atoms with E-state index in [-0.39, 0.29) is 6.29 Å². The fourth-order valence-electron chi connectivity index (χ4n) is 0.392. The van der Waals surface area contributed by atoms with Gasteiger partial charge >= 0.3 is 11.9 Å². The van der Waals surface area contributed by atoms with Gasteiger partial charge in [-0.15, -0.1) is 0 Å². The Morgan fingerprint density at radius 1 is 1.23 bits per heavy atom. The standard InChI is InChI=1S/C8H12O5/c1-8(2,3)7(11)13-5-12-6(10)4-9/h4H,5H2,1-3H3.